The van der Waals surface area contributed by atoms with Crippen molar-refractivity contribution in [3.8, 4) is 6.07 Å². The minimum Gasteiger partial charge on any atom is -0.462 e. The van der Waals surface area contributed by atoms with Gasteiger partial charge in [0.05, 0.1) is 18.4 Å². The zero-order chi connectivity index (χ0) is 19.4. The minimum atomic E-state index is -0.434. The first-order valence-electron chi connectivity index (χ1n) is 9.09. The zero-order valence-corrected chi connectivity index (χ0v) is 15.5. The highest BCUT2D eigenvalue weighted by atomic mass is 16.5. The fraction of sp³-hybridized carbons (Fsp3) is 0.474. The summed E-state index contributed by atoms with van der Waals surface area (Å²) in [7, 11) is 0. The van der Waals surface area contributed by atoms with E-state index in [0.29, 0.717) is 35.9 Å². The molecule has 0 aliphatic carbocycles. The van der Waals surface area contributed by atoms with E-state index >= 15 is 0 Å². The molecule has 1 fully saturated rings. The van der Waals surface area contributed by atoms with Gasteiger partial charge < -0.3 is 19.9 Å². The van der Waals surface area contributed by atoms with E-state index in [4.69, 9.17) is 10.00 Å². The number of amides is 1. The number of rotatable bonds is 5. The summed E-state index contributed by atoms with van der Waals surface area (Å²) >= 11 is 0. The second-order valence-corrected chi connectivity index (χ2v) is 6.70. The number of ether oxygens (including phenoxy) is 1. The Morgan fingerprint density at radius 1 is 1.52 bits per heavy atom. The lowest BCUT2D eigenvalue weighted by molar-refractivity contribution is -0.131. The van der Waals surface area contributed by atoms with Crippen LogP contribution in [0, 0.1) is 17.2 Å². The molecule has 0 aromatic carbocycles. The number of nitrogens with one attached hydrogen (secondary N) is 2. The fourth-order valence-corrected chi connectivity index (χ4v) is 3.38. The molecule has 8 heteroatoms. The number of hydrogen-bond acceptors (Lipinski definition) is 6. The molecule has 1 amide bonds. The molecule has 0 radical (unpaired) electrons. The Balaban J connectivity index is 1.91. The zero-order valence-electron chi connectivity index (χ0n) is 15.5. The van der Waals surface area contributed by atoms with Crippen molar-refractivity contribution in [3.63, 3.8) is 0 Å². The Morgan fingerprint density at radius 2 is 2.33 bits per heavy atom. The van der Waals surface area contributed by atoms with Gasteiger partial charge in [-0.2, -0.15) is 5.26 Å². The van der Waals surface area contributed by atoms with Gasteiger partial charge in [0.1, 0.15) is 17.6 Å². The Bertz CT molecular complexity index is 885. The second kappa shape index (κ2) is 8.08. The number of aromatic nitrogens is 2. The molecule has 3 rings (SSSR count). The third-order valence-corrected chi connectivity index (χ3v) is 4.95. The topological polar surface area (TPSA) is 111 Å². The van der Waals surface area contributed by atoms with Crippen LogP contribution in [0.3, 0.4) is 0 Å². The maximum Gasteiger partial charge on any atom is 0.341 e. The number of H-pyrrole nitrogens is 1. The molecule has 27 heavy (non-hydrogen) atoms. The van der Waals surface area contributed by atoms with Crippen molar-refractivity contribution in [2.24, 2.45) is 5.92 Å². The van der Waals surface area contributed by atoms with E-state index in [1.165, 1.54) is 6.20 Å². The largest absolute Gasteiger partial charge is 0.462 e. The summed E-state index contributed by atoms with van der Waals surface area (Å²) in [5.41, 5.74) is 1.70. The number of aromatic amines is 1. The molecule has 1 aliphatic heterocycles. The lowest BCUT2D eigenvalue weighted by Crippen LogP contribution is -2.49. The number of pyridine rings is 1. The minimum absolute atomic E-state index is 0.0462. The van der Waals surface area contributed by atoms with Crippen molar-refractivity contribution in [2.75, 3.05) is 25.0 Å². The quantitative estimate of drug-likeness (QED) is 0.782. The molecule has 0 bridgehead atoms. The molecule has 3 heterocycles. The second-order valence-electron chi connectivity index (χ2n) is 6.70. The molecule has 8 nitrogen and oxygen atoms in total. The van der Waals surface area contributed by atoms with Crippen LogP contribution in [0.25, 0.3) is 11.0 Å². The Labute approximate surface area is 157 Å². The number of fused-ring (bicyclic) bond motifs is 1. The third kappa shape index (κ3) is 3.87. The maximum atomic E-state index is 12.4. The molecular weight excluding hydrogens is 346 g/mol. The summed E-state index contributed by atoms with van der Waals surface area (Å²) in [6, 6.07) is 3.73. The number of anilines is 1. The molecule has 2 unspecified atom stereocenters. The van der Waals surface area contributed by atoms with E-state index in [1.54, 1.807) is 18.0 Å². The van der Waals surface area contributed by atoms with Crippen LogP contribution in [0.2, 0.25) is 0 Å². The third-order valence-electron chi connectivity index (χ3n) is 4.95. The first-order chi connectivity index (χ1) is 13.0. The van der Waals surface area contributed by atoms with Crippen molar-refractivity contribution in [3.05, 3.63) is 24.0 Å². The van der Waals surface area contributed by atoms with Crippen LogP contribution >= 0.6 is 0 Å². The predicted octanol–water partition coefficient (Wildman–Crippen LogP) is 2.30. The summed E-state index contributed by atoms with van der Waals surface area (Å²) in [5, 5.41) is 13.0. The van der Waals surface area contributed by atoms with Crippen LogP contribution in [0.15, 0.2) is 18.5 Å². The van der Waals surface area contributed by atoms with Gasteiger partial charge in [0, 0.05) is 36.9 Å². The van der Waals surface area contributed by atoms with Crippen molar-refractivity contribution in [2.45, 2.75) is 32.7 Å². The van der Waals surface area contributed by atoms with E-state index < -0.39 is 5.97 Å². The van der Waals surface area contributed by atoms with Crippen molar-refractivity contribution >= 4 is 28.6 Å². The normalized spacial score (nSPS) is 19.5. The summed E-state index contributed by atoms with van der Waals surface area (Å²) in [4.78, 5) is 33.6. The van der Waals surface area contributed by atoms with Gasteiger partial charge in [-0.1, -0.05) is 6.92 Å². The number of nitrogens with zero attached hydrogens (tertiary/aromatic N) is 3. The number of carbonyl (C=O) groups is 2. The average molecular weight is 369 g/mol. The van der Waals surface area contributed by atoms with E-state index in [0.717, 1.165) is 11.8 Å². The van der Waals surface area contributed by atoms with E-state index in [9.17, 15) is 9.59 Å². The molecule has 0 spiro atoms. The Hall–Kier alpha value is -3.08. The summed E-state index contributed by atoms with van der Waals surface area (Å²) in [6.45, 7) is 5.27. The van der Waals surface area contributed by atoms with E-state index in [2.05, 4.69) is 22.2 Å². The lowest BCUT2D eigenvalue weighted by atomic mass is 9.92. The van der Waals surface area contributed by atoms with Crippen molar-refractivity contribution < 1.29 is 14.3 Å². The monoisotopic (exact) mass is 369 g/mol. The number of piperidine rings is 1. The average Bonchev–Trinajstić information content (AvgIpc) is 3.13. The molecule has 2 atom stereocenters. The highest BCUT2D eigenvalue weighted by molar-refractivity contribution is 6.04. The highest BCUT2D eigenvalue weighted by Crippen LogP contribution is 2.30. The number of likely N-dealkylation sites (tertiary alicyclic amines) is 1. The van der Waals surface area contributed by atoms with Crippen LogP contribution in [-0.4, -0.2) is 52.5 Å². The molecule has 142 valence electrons. The number of nitriles is 1. The molecule has 1 saturated heterocycles. The number of hydrogen-bond donors (Lipinski definition) is 2. The smallest absolute Gasteiger partial charge is 0.341 e. The molecule has 2 aromatic heterocycles. The van der Waals surface area contributed by atoms with Crippen LogP contribution in [-0.2, 0) is 9.53 Å². The standard InChI is InChI=1S/C19H23N5O3/c1-3-27-19(26)14-10-22-18-13(5-8-21-18)17(14)23-15-11-24(9-6-12(15)2)16(25)4-7-20/h5,8,10,12,15H,3-4,6,9,11H2,1-2H3,(H2,21,22,23). The summed E-state index contributed by atoms with van der Waals surface area (Å²) < 4.78 is 5.17. The molecule has 2 aromatic rings. The lowest BCUT2D eigenvalue weighted by Gasteiger charge is -2.38. The van der Waals surface area contributed by atoms with Gasteiger partial charge in [-0.15, -0.1) is 0 Å². The van der Waals surface area contributed by atoms with Crippen LogP contribution in [0.1, 0.15) is 37.0 Å². The summed E-state index contributed by atoms with van der Waals surface area (Å²) in [6.07, 6.45) is 3.98. The van der Waals surface area contributed by atoms with Crippen LogP contribution in [0.5, 0.6) is 0 Å². The molecular formula is C19H23N5O3. The van der Waals surface area contributed by atoms with Crippen LogP contribution < -0.4 is 5.32 Å². The molecule has 0 saturated carbocycles. The Kier molecular flexibility index (Phi) is 5.60. The van der Waals surface area contributed by atoms with Gasteiger partial charge in [0.25, 0.3) is 0 Å². The fourth-order valence-electron chi connectivity index (χ4n) is 3.38. The van der Waals surface area contributed by atoms with E-state index in [-0.39, 0.29) is 25.0 Å². The van der Waals surface area contributed by atoms with Crippen LogP contribution in [0.4, 0.5) is 5.69 Å². The number of esters is 1. The van der Waals surface area contributed by atoms with Gasteiger partial charge in [0.2, 0.25) is 5.91 Å². The Morgan fingerprint density at radius 3 is 3.07 bits per heavy atom. The predicted molar refractivity (Wildman–Crippen MR) is 100 cm³/mol. The van der Waals surface area contributed by atoms with Crippen molar-refractivity contribution in [1.82, 2.24) is 14.9 Å². The first-order valence-corrected chi connectivity index (χ1v) is 9.09. The first kappa shape index (κ1) is 18.7. The van der Waals surface area contributed by atoms with Crippen molar-refractivity contribution in [1.29, 1.82) is 5.26 Å². The van der Waals surface area contributed by atoms with Gasteiger partial charge >= 0.3 is 5.97 Å². The maximum absolute atomic E-state index is 12.4. The molecule has 1 aliphatic rings. The highest BCUT2D eigenvalue weighted by Gasteiger charge is 2.30. The van der Waals surface area contributed by atoms with Gasteiger partial charge in [-0.25, -0.2) is 9.78 Å². The molecule has 2 N–H and O–H groups in total. The summed E-state index contributed by atoms with van der Waals surface area (Å²) in [5.74, 6) is -0.298. The van der Waals surface area contributed by atoms with Gasteiger partial charge in [-0.05, 0) is 25.3 Å². The SMILES string of the molecule is CCOC(=O)c1cnc2[nH]ccc2c1NC1CN(C(=O)CC#N)CCC1C. The van der Waals surface area contributed by atoms with Gasteiger partial charge in [0.15, 0.2) is 0 Å². The van der Waals surface area contributed by atoms with E-state index in [1.807, 2.05) is 12.1 Å². The number of carbonyl (C=O) groups excluding carboxylic acids is 2. The van der Waals surface area contributed by atoms with Gasteiger partial charge in [-0.3, -0.25) is 4.79 Å².